The molecule has 1 fully saturated rings. The molecule has 1 aliphatic heterocycles. The molecule has 1 aliphatic carbocycles. The van der Waals surface area contributed by atoms with Gasteiger partial charge in [-0.1, -0.05) is 25.0 Å². The molecule has 0 spiro atoms. The molecule has 8 nitrogen and oxygen atoms in total. The van der Waals surface area contributed by atoms with Gasteiger partial charge in [0.2, 0.25) is 0 Å². The van der Waals surface area contributed by atoms with Crippen LogP contribution in [0.25, 0.3) is 0 Å². The van der Waals surface area contributed by atoms with Gasteiger partial charge in [0.1, 0.15) is 11.4 Å². The minimum Gasteiger partial charge on any atom is -0.497 e. The fraction of sp³-hybridized carbons (Fsp3) is 0.476. The van der Waals surface area contributed by atoms with Gasteiger partial charge in [-0.3, -0.25) is 14.3 Å². The predicted molar refractivity (Wildman–Crippen MR) is 106 cm³/mol. The predicted octanol–water partition coefficient (Wildman–Crippen LogP) is 1.24. The lowest BCUT2D eigenvalue weighted by Gasteiger charge is -2.30. The van der Waals surface area contributed by atoms with E-state index in [2.05, 4.69) is 27.9 Å². The zero-order chi connectivity index (χ0) is 20.4. The highest BCUT2D eigenvalue weighted by atomic mass is 16.5. The van der Waals surface area contributed by atoms with Gasteiger partial charge in [-0.05, 0) is 30.5 Å². The number of hydrogen-bond donors (Lipinski definition) is 3. The fourth-order valence-corrected chi connectivity index (χ4v) is 4.32. The lowest BCUT2D eigenvalue weighted by Crippen LogP contribution is -2.39. The van der Waals surface area contributed by atoms with Gasteiger partial charge in [-0.25, -0.2) is 0 Å². The second-order valence-corrected chi connectivity index (χ2v) is 7.86. The monoisotopic (exact) mass is 398 g/mol. The molecule has 1 saturated carbocycles. The van der Waals surface area contributed by atoms with Crippen LogP contribution in [0.15, 0.2) is 30.3 Å². The molecule has 4 rings (SSSR count). The fourth-order valence-electron chi connectivity index (χ4n) is 4.32. The molecule has 1 aromatic carbocycles. The Balaban J connectivity index is 1.50. The van der Waals surface area contributed by atoms with Crippen LogP contribution in [0, 0.1) is 0 Å². The van der Waals surface area contributed by atoms with Crippen molar-refractivity contribution in [2.75, 3.05) is 20.2 Å². The number of ether oxygens (including phenoxy) is 1. The van der Waals surface area contributed by atoms with Crippen molar-refractivity contribution < 1.29 is 19.4 Å². The molecule has 8 heteroatoms. The van der Waals surface area contributed by atoms with Crippen molar-refractivity contribution >= 4 is 11.8 Å². The van der Waals surface area contributed by atoms with Crippen LogP contribution in [-0.4, -0.2) is 53.0 Å². The number of carbonyl (C=O) groups excluding carboxylic acids is 2. The summed E-state index contributed by atoms with van der Waals surface area (Å²) in [6.45, 7) is 0.862. The number of nitrogens with one attached hydrogen (secondary N) is 2. The molecule has 2 aromatic rings. The molecule has 0 unspecified atom stereocenters. The van der Waals surface area contributed by atoms with E-state index in [0.29, 0.717) is 6.54 Å². The van der Waals surface area contributed by atoms with Crippen molar-refractivity contribution in [2.45, 2.75) is 43.7 Å². The first-order valence-electron chi connectivity index (χ1n) is 9.98. The number of amides is 2. The van der Waals surface area contributed by atoms with Crippen LogP contribution in [0.1, 0.15) is 52.2 Å². The number of aliphatic hydroxyl groups is 1. The van der Waals surface area contributed by atoms with Gasteiger partial charge in [0.25, 0.3) is 11.8 Å². The Hall–Kier alpha value is -2.87. The molecule has 0 bridgehead atoms. The molecule has 2 heterocycles. The van der Waals surface area contributed by atoms with Crippen molar-refractivity contribution in [3.63, 3.8) is 0 Å². The lowest BCUT2D eigenvalue weighted by molar-refractivity contribution is 0.0931. The molecule has 29 heavy (non-hydrogen) atoms. The van der Waals surface area contributed by atoms with Crippen LogP contribution in [0.4, 0.5) is 0 Å². The van der Waals surface area contributed by atoms with E-state index >= 15 is 0 Å². The van der Waals surface area contributed by atoms with E-state index in [1.54, 1.807) is 7.11 Å². The average Bonchev–Trinajstić information content (AvgIpc) is 3.36. The Morgan fingerprint density at radius 2 is 2.07 bits per heavy atom. The normalized spacial score (nSPS) is 20.5. The first kappa shape index (κ1) is 19.4. The van der Waals surface area contributed by atoms with Crippen LogP contribution >= 0.6 is 0 Å². The number of aliphatic hydroxyl groups excluding tert-OH is 1. The van der Waals surface area contributed by atoms with E-state index in [4.69, 9.17) is 4.74 Å². The molecule has 1 atom stereocenters. The summed E-state index contributed by atoms with van der Waals surface area (Å²) in [4.78, 5) is 24.9. The molecule has 1 aromatic heterocycles. The van der Waals surface area contributed by atoms with Gasteiger partial charge in [0, 0.05) is 24.6 Å². The topological polar surface area (TPSA) is 105 Å². The van der Waals surface area contributed by atoms with Crippen molar-refractivity contribution in [1.82, 2.24) is 20.4 Å². The van der Waals surface area contributed by atoms with Crippen molar-refractivity contribution in [3.8, 4) is 5.75 Å². The zero-order valence-corrected chi connectivity index (χ0v) is 16.5. The third-order valence-corrected chi connectivity index (χ3v) is 5.98. The number of rotatable bonds is 5. The van der Waals surface area contributed by atoms with Gasteiger partial charge < -0.3 is 20.5 Å². The molecule has 2 aliphatic rings. The summed E-state index contributed by atoms with van der Waals surface area (Å²) in [5.41, 5.74) is 1.57. The summed E-state index contributed by atoms with van der Waals surface area (Å²) in [7, 11) is 1.65. The zero-order valence-electron chi connectivity index (χ0n) is 16.5. The molecule has 0 saturated heterocycles. The number of carbonyl (C=O) groups is 2. The Labute approximate surface area is 169 Å². The quantitative estimate of drug-likeness (QED) is 0.703. The largest absolute Gasteiger partial charge is 0.497 e. The Morgan fingerprint density at radius 1 is 1.34 bits per heavy atom. The highest BCUT2D eigenvalue weighted by Crippen LogP contribution is 2.41. The minimum atomic E-state index is -0.729. The number of benzene rings is 1. The summed E-state index contributed by atoms with van der Waals surface area (Å²) < 4.78 is 6.65. The van der Waals surface area contributed by atoms with Crippen LogP contribution < -0.4 is 15.4 Å². The number of methoxy groups -OCH3 is 1. The van der Waals surface area contributed by atoms with Crippen LogP contribution in [0.2, 0.25) is 0 Å². The van der Waals surface area contributed by atoms with Crippen LogP contribution in [0.5, 0.6) is 5.75 Å². The van der Waals surface area contributed by atoms with E-state index in [9.17, 15) is 14.7 Å². The molecule has 0 radical (unpaired) electrons. The first-order valence-corrected chi connectivity index (χ1v) is 9.98. The number of β-amino-alcohol motifs (C(OH)–C–C–N with tert-alkyl or cyclic N) is 1. The maximum absolute atomic E-state index is 12.8. The summed E-state index contributed by atoms with van der Waals surface area (Å²) in [6.07, 6.45) is 3.53. The highest BCUT2D eigenvalue weighted by molar-refractivity contribution is 5.98. The van der Waals surface area contributed by atoms with Crippen molar-refractivity contribution in [1.29, 1.82) is 0 Å². The lowest BCUT2D eigenvalue weighted by atomic mass is 9.78. The Kier molecular flexibility index (Phi) is 5.27. The summed E-state index contributed by atoms with van der Waals surface area (Å²) >= 11 is 0. The number of fused-ring (bicyclic) bond motifs is 1. The molecule has 2 amide bonds. The summed E-state index contributed by atoms with van der Waals surface area (Å²) in [5, 5.41) is 19.7. The van der Waals surface area contributed by atoms with E-state index in [-0.39, 0.29) is 41.7 Å². The van der Waals surface area contributed by atoms with Gasteiger partial charge in [-0.15, -0.1) is 0 Å². The second-order valence-electron chi connectivity index (χ2n) is 7.86. The van der Waals surface area contributed by atoms with Gasteiger partial charge in [0.15, 0.2) is 5.69 Å². The maximum Gasteiger partial charge on any atom is 0.271 e. The van der Waals surface area contributed by atoms with E-state index in [0.717, 1.165) is 31.4 Å². The molecular weight excluding hydrogens is 372 g/mol. The smallest absolute Gasteiger partial charge is 0.271 e. The summed E-state index contributed by atoms with van der Waals surface area (Å²) in [6, 6.07) is 9.53. The van der Waals surface area contributed by atoms with E-state index in [1.165, 1.54) is 16.3 Å². The second kappa shape index (κ2) is 7.87. The van der Waals surface area contributed by atoms with Crippen molar-refractivity contribution in [3.05, 3.63) is 47.3 Å². The summed E-state index contributed by atoms with van der Waals surface area (Å²) in [5.74, 6) is 0.164. The highest BCUT2D eigenvalue weighted by Gasteiger charge is 2.36. The number of nitrogens with zero attached hydrogens (tertiary/aromatic N) is 2. The Morgan fingerprint density at radius 3 is 2.76 bits per heavy atom. The van der Waals surface area contributed by atoms with Crippen molar-refractivity contribution in [2.24, 2.45) is 0 Å². The Bertz CT molecular complexity index is 900. The SMILES string of the molecule is COc1ccc(C2(CNC(=O)c3cc4n(n3)C[C@@H](O)CNC4=O)CCCC2)cc1. The van der Waals surface area contributed by atoms with Gasteiger partial charge >= 0.3 is 0 Å². The molecule has 3 N–H and O–H groups in total. The number of aromatic nitrogens is 2. The number of hydrogen-bond acceptors (Lipinski definition) is 5. The molecule has 154 valence electrons. The van der Waals surface area contributed by atoms with Crippen LogP contribution in [-0.2, 0) is 12.0 Å². The van der Waals surface area contributed by atoms with E-state index in [1.807, 2.05) is 12.1 Å². The first-order chi connectivity index (χ1) is 14.0. The van der Waals surface area contributed by atoms with Crippen LogP contribution in [0.3, 0.4) is 0 Å². The minimum absolute atomic E-state index is 0.105. The van der Waals surface area contributed by atoms with E-state index < -0.39 is 6.10 Å². The third kappa shape index (κ3) is 3.85. The standard InChI is InChI=1S/C21H26N4O4/c1-29-16-6-4-14(5-7-16)21(8-2-3-9-21)13-23-19(27)17-10-18-20(28)22-11-15(26)12-25(18)24-17/h4-7,10,15,26H,2-3,8-9,11-13H2,1H3,(H,22,28)(H,23,27)/t15-/m0/s1. The third-order valence-electron chi connectivity index (χ3n) is 5.98. The maximum atomic E-state index is 12.8. The molecular formula is C21H26N4O4. The van der Waals surface area contributed by atoms with Gasteiger partial charge in [0.05, 0.1) is 19.8 Å². The van der Waals surface area contributed by atoms with Gasteiger partial charge in [-0.2, -0.15) is 5.10 Å². The average molecular weight is 398 g/mol.